The zero-order valence-electron chi connectivity index (χ0n) is 18.5. The van der Waals surface area contributed by atoms with Gasteiger partial charge in [-0.25, -0.2) is 13.8 Å². The number of aryl methyl sites for hydroxylation is 2. The van der Waals surface area contributed by atoms with Crippen molar-refractivity contribution in [3.05, 3.63) is 95.0 Å². The number of hydrazone groups is 1. The third-order valence-electron chi connectivity index (χ3n) is 5.01. The summed E-state index contributed by atoms with van der Waals surface area (Å²) < 4.78 is 27.8. The van der Waals surface area contributed by atoms with Crippen LogP contribution in [0.3, 0.4) is 0 Å². The fourth-order valence-electron chi connectivity index (χ4n) is 3.14. The number of nitrogens with zero attached hydrogens (tertiary/aromatic N) is 2. The summed E-state index contributed by atoms with van der Waals surface area (Å²) in [6, 6.07) is 22.9. The van der Waals surface area contributed by atoms with E-state index in [0.29, 0.717) is 6.42 Å². The maximum atomic E-state index is 13.4. The third kappa shape index (κ3) is 6.66. The van der Waals surface area contributed by atoms with Gasteiger partial charge in [-0.2, -0.15) is 5.10 Å². The van der Waals surface area contributed by atoms with Crippen LogP contribution in [0.5, 0.6) is 0 Å². The highest BCUT2D eigenvalue weighted by atomic mass is 35.5. The second-order valence-corrected chi connectivity index (χ2v) is 9.91. The first-order valence-corrected chi connectivity index (χ1v) is 12.3. The molecule has 172 valence electrons. The Bertz CT molecular complexity index is 1230. The summed E-state index contributed by atoms with van der Waals surface area (Å²) in [5.41, 5.74) is 5.53. The van der Waals surface area contributed by atoms with Gasteiger partial charge in [-0.15, -0.1) is 0 Å². The minimum Gasteiger partial charge on any atom is -0.271 e. The summed E-state index contributed by atoms with van der Waals surface area (Å²) in [6.45, 7) is 3.22. The molecular weight excluding hydrogens is 458 g/mol. The zero-order chi connectivity index (χ0) is 23.8. The maximum absolute atomic E-state index is 13.4. The van der Waals surface area contributed by atoms with Crippen LogP contribution in [0.1, 0.15) is 24.5 Å². The van der Waals surface area contributed by atoms with Crippen LogP contribution in [0.25, 0.3) is 0 Å². The number of hydrogen-bond acceptors (Lipinski definition) is 4. The summed E-state index contributed by atoms with van der Waals surface area (Å²) >= 11 is 6.28. The summed E-state index contributed by atoms with van der Waals surface area (Å²) in [5, 5.41) is 4.36. The molecule has 0 aromatic heterocycles. The summed E-state index contributed by atoms with van der Waals surface area (Å²) in [4.78, 5) is 12.8. The van der Waals surface area contributed by atoms with Crippen LogP contribution < -0.4 is 9.73 Å². The monoisotopic (exact) mass is 483 g/mol. The summed E-state index contributed by atoms with van der Waals surface area (Å²) in [7, 11) is -4.03. The highest BCUT2D eigenvalue weighted by Crippen LogP contribution is 2.30. The fraction of sp³-hybridized carbons (Fsp3) is 0.200. The van der Waals surface area contributed by atoms with Gasteiger partial charge in [0.1, 0.15) is 6.54 Å². The Kier molecular flexibility index (Phi) is 8.25. The lowest BCUT2D eigenvalue weighted by Crippen LogP contribution is -2.40. The first-order valence-electron chi connectivity index (χ1n) is 10.5. The van der Waals surface area contributed by atoms with E-state index in [4.69, 9.17) is 11.6 Å². The van der Waals surface area contributed by atoms with Crippen molar-refractivity contribution in [2.24, 2.45) is 5.10 Å². The Morgan fingerprint density at radius 2 is 1.61 bits per heavy atom. The third-order valence-corrected chi connectivity index (χ3v) is 7.10. The predicted octanol–water partition coefficient (Wildman–Crippen LogP) is 4.97. The van der Waals surface area contributed by atoms with Crippen LogP contribution in [0.2, 0.25) is 5.02 Å². The molecule has 0 aliphatic heterocycles. The normalized spacial score (nSPS) is 11.8. The zero-order valence-corrected chi connectivity index (χ0v) is 20.1. The van der Waals surface area contributed by atoms with Crippen LogP contribution in [-0.2, 0) is 21.2 Å². The van der Waals surface area contributed by atoms with Crippen LogP contribution in [0.15, 0.2) is 88.9 Å². The molecule has 0 saturated carbocycles. The lowest BCUT2D eigenvalue weighted by atomic mass is 10.1. The number of carbonyl (C=O) groups is 1. The topological polar surface area (TPSA) is 78.8 Å². The van der Waals surface area contributed by atoms with Gasteiger partial charge in [0.15, 0.2) is 0 Å². The molecule has 3 rings (SSSR count). The van der Waals surface area contributed by atoms with Crippen molar-refractivity contribution in [2.45, 2.75) is 31.6 Å². The molecule has 0 aliphatic carbocycles. The number of hydrogen-bond donors (Lipinski definition) is 1. The van der Waals surface area contributed by atoms with E-state index >= 15 is 0 Å². The number of anilines is 1. The molecule has 0 unspecified atom stereocenters. The second kappa shape index (κ2) is 11.1. The molecule has 3 aromatic carbocycles. The van der Waals surface area contributed by atoms with E-state index in [9.17, 15) is 13.2 Å². The molecule has 1 amide bonds. The van der Waals surface area contributed by atoms with E-state index in [0.717, 1.165) is 22.0 Å². The number of rotatable bonds is 9. The molecule has 0 aliphatic rings. The molecule has 8 heteroatoms. The second-order valence-electron chi connectivity index (χ2n) is 7.64. The lowest BCUT2D eigenvalue weighted by Gasteiger charge is -2.24. The molecular formula is C25H26ClN3O3S. The Balaban J connectivity index is 1.76. The van der Waals surface area contributed by atoms with E-state index in [1.165, 1.54) is 17.7 Å². The lowest BCUT2D eigenvalue weighted by molar-refractivity contribution is -0.119. The average molecular weight is 484 g/mol. The van der Waals surface area contributed by atoms with Gasteiger partial charge in [-0.05, 0) is 56.5 Å². The number of para-hydroxylation sites is 1. The first-order chi connectivity index (χ1) is 15.8. The predicted molar refractivity (Wildman–Crippen MR) is 133 cm³/mol. The van der Waals surface area contributed by atoms with Crippen LogP contribution in [0, 0.1) is 6.92 Å². The Hall–Kier alpha value is -3.16. The van der Waals surface area contributed by atoms with Gasteiger partial charge < -0.3 is 0 Å². The fourth-order valence-corrected chi connectivity index (χ4v) is 4.87. The molecule has 0 bridgehead atoms. The standard InChI is InChI=1S/C25H26ClN3O3S/c1-19-12-16-22(17-13-19)33(31,32)29(24-11-7-6-10-23(24)26)18-25(30)28-27-20(2)14-15-21-8-4-3-5-9-21/h3-13,16-17H,14-15,18H2,1-2H3,(H,28,30)/b27-20-. The number of carbonyl (C=O) groups excluding carboxylic acids is 1. The van der Waals surface area contributed by atoms with Gasteiger partial charge in [0.25, 0.3) is 15.9 Å². The molecule has 0 saturated heterocycles. The van der Waals surface area contributed by atoms with Crippen molar-refractivity contribution in [3.63, 3.8) is 0 Å². The molecule has 1 N–H and O–H groups in total. The molecule has 0 spiro atoms. The van der Waals surface area contributed by atoms with Crippen molar-refractivity contribution in [3.8, 4) is 0 Å². The van der Waals surface area contributed by atoms with Crippen LogP contribution in [0.4, 0.5) is 5.69 Å². The molecule has 0 fully saturated rings. The van der Waals surface area contributed by atoms with Crippen molar-refractivity contribution >= 4 is 38.9 Å². The van der Waals surface area contributed by atoms with Gasteiger partial charge in [0.2, 0.25) is 0 Å². The number of amides is 1. The first kappa shape index (κ1) is 24.5. The van der Waals surface area contributed by atoms with E-state index in [1.807, 2.05) is 44.2 Å². The maximum Gasteiger partial charge on any atom is 0.264 e. The van der Waals surface area contributed by atoms with Gasteiger partial charge in [-0.3, -0.25) is 9.10 Å². The van der Waals surface area contributed by atoms with Gasteiger partial charge in [-0.1, -0.05) is 71.8 Å². The van der Waals surface area contributed by atoms with Crippen LogP contribution in [-0.4, -0.2) is 26.6 Å². The van der Waals surface area contributed by atoms with Gasteiger partial charge in [0.05, 0.1) is 15.6 Å². The number of halogens is 1. The average Bonchev–Trinajstić information content (AvgIpc) is 2.81. The molecule has 6 nitrogen and oxygen atoms in total. The quantitative estimate of drug-likeness (QED) is 0.345. The SMILES string of the molecule is C/C(CCc1ccccc1)=N/NC(=O)CN(c1ccccc1Cl)S(=O)(=O)c1ccc(C)cc1. The minimum absolute atomic E-state index is 0.0726. The largest absolute Gasteiger partial charge is 0.271 e. The van der Waals surface area contributed by atoms with Crippen molar-refractivity contribution in [2.75, 3.05) is 10.8 Å². The van der Waals surface area contributed by atoms with E-state index < -0.39 is 22.5 Å². The highest BCUT2D eigenvalue weighted by Gasteiger charge is 2.28. The Labute approximate surface area is 200 Å². The Morgan fingerprint density at radius 1 is 0.970 bits per heavy atom. The van der Waals surface area contributed by atoms with E-state index in [2.05, 4.69) is 10.5 Å². The van der Waals surface area contributed by atoms with Crippen molar-refractivity contribution in [1.82, 2.24) is 5.43 Å². The summed E-state index contributed by atoms with van der Waals surface area (Å²) in [5.74, 6) is -0.565. The van der Waals surface area contributed by atoms with E-state index in [-0.39, 0.29) is 15.6 Å². The number of benzene rings is 3. The van der Waals surface area contributed by atoms with E-state index in [1.54, 1.807) is 36.4 Å². The molecule has 33 heavy (non-hydrogen) atoms. The van der Waals surface area contributed by atoms with Crippen molar-refractivity contribution in [1.29, 1.82) is 0 Å². The molecule has 0 atom stereocenters. The number of nitrogens with one attached hydrogen (secondary N) is 1. The smallest absolute Gasteiger partial charge is 0.264 e. The summed E-state index contributed by atoms with van der Waals surface area (Å²) in [6.07, 6.45) is 1.46. The van der Waals surface area contributed by atoms with Crippen molar-refractivity contribution < 1.29 is 13.2 Å². The molecule has 0 radical (unpaired) electrons. The van der Waals surface area contributed by atoms with Crippen LogP contribution >= 0.6 is 11.6 Å². The minimum atomic E-state index is -4.03. The molecule has 0 heterocycles. The Morgan fingerprint density at radius 3 is 2.27 bits per heavy atom. The van der Waals surface area contributed by atoms with Gasteiger partial charge in [0, 0.05) is 5.71 Å². The molecule has 3 aromatic rings. The number of sulfonamides is 1. The highest BCUT2D eigenvalue weighted by molar-refractivity contribution is 7.92. The van der Waals surface area contributed by atoms with Gasteiger partial charge >= 0.3 is 0 Å².